The van der Waals surface area contributed by atoms with Gasteiger partial charge in [0, 0.05) is 12.2 Å². The van der Waals surface area contributed by atoms with Crippen LogP contribution in [0.1, 0.15) is 42.6 Å². The molecule has 4 bridgehead atoms. The molecule has 7 nitrogen and oxygen atoms in total. The van der Waals surface area contributed by atoms with E-state index in [0.717, 1.165) is 11.8 Å². The maximum atomic E-state index is 12.9. The van der Waals surface area contributed by atoms with E-state index in [1.165, 1.54) is 32.1 Å². The minimum atomic E-state index is -0.0823. The van der Waals surface area contributed by atoms with Crippen LogP contribution in [-0.4, -0.2) is 35.9 Å². The summed E-state index contributed by atoms with van der Waals surface area (Å²) in [6.07, 6.45) is 8.28. The van der Waals surface area contributed by atoms with Crippen LogP contribution in [0.4, 0.5) is 0 Å². The Hall–Kier alpha value is -2.70. The second-order valence-electron chi connectivity index (χ2n) is 8.94. The van der Waals surface area contributed by atoms with Crippen LogP contribution in [-0.2, 0) is 6.73 Å². The third kappa shape index (κ3) is 3.50. The number of nitrogens with one attached hydrogen (secondary N) is 1. The smallest absolute Gasteiger partial charge is 0.272 e. The Kier molecular flexibility index (Phi) is 5.05. The Bertz CT molecular complexity index is 875. The van der Waals surface area contributed by atoms with E-state index in [4.69, 9.17) is 14.2 Å². The van der Waals surface area contributed by atoms with Crippen molar-refractivity contribution in [2.75, 3.05) is 14.2 Å². The fraction of sp³-hybridized carbons (Fsp3) is 0.565. The lowest BCUT2D eigenvalue weighted by atomic mass is 9.54. The molecule has 160 valence electrons. The van der Waals surface area contributed by atoms with Gasteiger partial charge in [0.25, 0.3) is 5.91 Å². The van der Waals surface area contributed by atoms with Crippen molar-refractivity contribution in [2.24, 2.45) is 23.7 Å². The molecule has 0 aliphatic heterocycles. The highest BCUT2D eigenvalue weighted by Gasteiger charge is 2.48. The van der Waals surface area contributed by atoms with Gasteiger partial charge in [-0.05, 0) is 74.0 Å². The predicted octanol–water partition coefficient (Wildman–Crippen LogP) is 3.49. The van der Waals surface area contributed by atoms with Crippen molar-refractivity contribution in [3.63, 3.8) is 0 Å². The lowest BCUT2D eigenvalue weighted by Crippen LogP contribution is -2.55. The molecule has 4 fully saturated rings. The molecule has 4 aliphatic carbocycles. The molecule has 0 unspecified atom stereocenters. The second-order valence-corrected chi connectivity index (χ2v) is 8.94. The molecule has 1 aromatic carbocycles. The number of nitrogens with zero attached hydrogens (tertiary/aromatic N) is 2. The number of para-hydroxylation sites is 1. The number of hydrogen-bond donors (Lipinski definition) is 1. The number of rotatable bonds is 7. The van der Waals surface area contributed by atoms with Gasteiger partial charge in [-0.3, -0.25) is 4.79 Å². The van der Waals surface area contributed by atoms with Crippen LogP contribution in [0.3, 0.4) is 0 Å². The summed E-state index contributed by atoms with van der Waals surface area (Å²) in [5, 5.41) is 7.72. The minimum Gasteiger partial charge on any atom is -0.493 e. The normalized spacial score (nSPS) is 28.9. The van der Waals surface area contributed by atoms with E-state index in [1.807, 2.05) is 18.2 Å². The zero-order chi connectivity index (χ0) is 20.7. The Balaban J connectivity index is 1.22. The van der Waals surface area contributed by atoms with E-state index in [-0.39, 0.29) is 12.6 Å². The monoisotopic (exact) mass is 411 g/mol. The molecule has 0 spiro atoms. The first-order valence-electron chi connectivity index (χ1n) is 10.8. The summed E-state index contributed by atoms with van der Waals surface area (Å²) in [5.74, 6) is 4.68. The van der Waals surface area contributed by atoms with Gasteiger partial charge in [0.1, 0.15) is 5.69 Å². The molecular formula is C23H29N3O4. The molecule has 1 heterocycles. The molecule has 0 radical (unpaired) electrons. The first-order chi connectivity index (χ1) is 14.6. The molecule has 2 aromatic rings. The highest BCUT2D eigenvalue weighted by Crippen LogP contribution is 2.53. The van der Waals surface area contributed by atoms with Crippen molar-refractivity contribution >= 4 is 5.91 Å². The molecule has 0 saturated heterocycles. The number of benzene rings is 1. The van der Waals surface area contributed by atoms with E-state index in [2.05, 4.69) is 10.4 Å². The molecule has 1 amide bonds. The van der Waals surface area contributed by atoms with E-state index >= 15 is 0 Å². The number of ether oxygens (including phenoxy) is 3. The van der Waals surface area contributed by atoms with Gasteiger partial charge in [-0.25, -0.2) is 4.68 Å². The molecule has 4 saturated carbocycles. The Morgan fingerprint density at radius 2 is 1.67 bits per heavy atom. The average Bonchev–Trinajstić information content (AvgIpc) is 3.23. The third-order valence-electron chi connectivity index (χ3n) is 7.12. The highest BCUT2D eigenvalue weighted by molar-refractivity contribution is 5.92. The molecule has 0 atom stereocenters. The van der Waals surface area contributed by atoms with Crippen molar-refractivity contribution < 1.29 is 19.0 Å². The topological polar surface area (TPSA) is 74.6 Å². The third-order valence-corrected chi connectivity index (χ3v) is 7.12. The molecule has 7 heteroatoms. The maximum absolute atomic E-state index is 12.9. The maximum Gasteiger partial charge on any atom is 0.272 e. The van der Waals surface area contributed by atoms with E-state index in [1.54, 1.807) is 31.2 Å². The van der Waals surface area contributed by atoms with Gasteiger partial charge < -0.3 is 19.5 Å². The lowest BCUT2D eigenvalue weighted by Gasteiger charge is -2.54. The van der Waals surface area contributed by atoms with Crippen molar-refractivity contribution in [3.05, 3.63) is 36.2 Å². The zero-order valence-electron chi connectivity index (χ0n) is 17.5. The summed E-state index contributed by atoms with van der Waals surface area (Å²) in [7, 11) is 3.17. The number of carbonyl (C=O) groups is 1. The van der Waals surface area contributed by atoms with Crippen LogP contribution < -0.4 is 19.5 Å². The zero-order valence-corrected chi connectivity index (χ0v) is 17.5. The predicted molar refractivity (Wildman–Crippen MR) is 111 cm³/mol. The van der Waals surface area contributed by atoms with Gasteiger partial charge in [-0.1, -0.05) is 6.07 Å². The summed E-state index contributed by atoms with van der Waals surface area (Å²) in [6.45, 7) is 0.155. The highest BCUT2D eigenvalue weighted by atomic mass is 16.5. The van der Waals surface area contributed by atoms with Gasteiger partial charge in [0.2, 0.25) is 5.75 Å². The summed E-state index contributed by atoms with van der Waals surface area (Å²) in [6, 6.07) is 7.51. The number of hydrogen-bond acceptors (Lipinski definition) is 5. The van der Waals surface area contributed by atoms with Crippen LogP contribution in [0.15, 0.2) is 30.5 Å². The Morgan fingerprint density at radius 1 is 1.03 bits per heavy atom. The van der Waals surface area contributed by atoms with Crippen LogP contribution in [0, 0.1) is 23.7 Å². The van der Waals surface area contributed by atoms with Crippen LogP contribution >= 0.6 is 0 Å². The summed E-state index contributed by atoms with van der Waals surface area (Å²) in [5.41, 5.74) is 0.430. The van der Waals surface area contributed by atoms with Crippen molar-refractivity contribution in [1.82, 2.24) is 15.1 Å². The van der Waals surface area contributed by atoms with Gasteiger partial charge >= 0.3 is 0 Å². The lowest BCUT2D eigenvalue weighted by molar-refractivity contribution is -0.0120. The number of aromatic nitrogens is 2. The second kappa shape index (κ2) is 7.85. The van der Waals surface area contributed by atoms with Gasteiger partial charge in [-0.15, -0.1) is 0 Å². The fourth-order valence-electron chi connectivity index (χ4n) is 6.03. The number of methoxy groups -OCH3 is 2. The molecule has 30 heavy (non-hydrogen) atoms. The first kappa shape index (κ1) is 19.3. The van der Waals surface area contributed by atoms with Crippen LogP contribution in [0.25, 0.3) is 0 Å². The molecule has 1 N–H and O–H groups in total. The van der Waals surface area contributed by atoms with E-state index < -0.39 is 0 Å². The SMILES string of the molecule is COc1cccc(OC)c1OCn1ccc(C(=O)NC2C3CC4CC(C3)CC2C4)n1. The van der Waals surface area contributed by atoms with Crippen LogP contribution in [0.2, 0.25) is 0 Å². The van der Waals surface area contributed by atoms with Gasteiger partial charge in [-0.2, -0.15) is 5.10 Å². The van der Waals surface area contributed by atoms with E-state index in [9.17, 15) is 4.79 Å². The molecule has 1 aromatic heterocycles. The number of carbonyl (C=O) groups excluding carboxylic acids is 1. The number of amides is 1. The summed E-state index contributed by atoms with van der Waals surface area (Å²) in [4.78, 5) is 12.9. The first-order valence-corrected chi connectivity index (χ1v) is 10.8. The van der Waals surface area contributed by atoms with Crippen molar-refractivity contribution in [2.45, 2.75) is 44.9 Å². The summed E-state index contributed by atoms with van der Waals surface area (Å²) >= 11 is 0. The molecule has 4 aliphatic rings. The molecule has 6 rings (SSSR count). The average molecular weight is 412 g/mol. The Morgan fingerprint density at radius 3 is 2.27 bits per heavy atom. The minimum absolute atomic E-state index is 0.0823. The largest absolute Gasteiger partial charge is 0.493 e. The Labute approximate surface area is 176 Å². The molecular weight excluding hydrogens is 382 g/mol. The van der Waals surface area contributed by atoms with Crippen molar-refractivity contribution in [1.29, 1.82) is 0 Å². The van der Waals surface area contributed by atoms with Gasteiger partial charge in [0.05, 0.1) is 14.2 Å². The standard InChI is InChI=1S/C23H29N3O4/c1-28-19-4-3-5-20(29-2)22(19)30-13-26-7-6-18(25-26)23(27)24-21-16-9-14-8-15(11-16)12-17(21)10-14/h3-7,14-17,21H,8-13H2,1-2H3,(H,24,27). The van der Waals surface area contributed by atoms with E-state index in [0.29, 0.717) is 40.8 Å². The van der Waals surface area contributed by atoms with Gasteiger partial charge in [0.15, 0.2) is 18.2 Å². The quantitative estimate of drug-likeness (QED) is 0.755. The summed E-state index contributed by atoms with van der Waals surface area (Å²) < 4.78 is 18.2. The fourth-order valence-corrected chi connectivity index (χ4v) is 6.03. The van der Waals surface area contributed by atoms with Crippen molar-refractivity contribution in [3.8, 4) is 17.2 Å². The van der Waals surface area contributed by atoms with Crippen LogP contribution in [0.5, 0.6) is 17.2 Å².